The maximum absolute atomic E-state index is 12.3. The standard InChI is InChI=1S/C20H24N2O3S.C8H7Cl2NO/c1-14-5-4-7-17(14)20(23)22-13-15-9-11-16(12-10-15)18-6-2-3-8-19(18)26(21,24)25;9-7-2-1-6(3-8(7)10)4-11-5-12/h2-3,6,8-12,14,17H,4-5,7,13H2,1H3,(H,22,23)(H2,21,24,25);1-3,5H,4H2,(H,11,12)/t14?,17-;/m1./s1. The Morgan fingerprint density at radius 3 is 2.26 bits per heavy atom. The second-order valence-corrected chi connectivity index (χ2v) is 11.6. The molecular formula is C28H31Cl2N3O4S. The minimum absolute atomic E-state index is 0.108. The van der Waals surface area contributed by atoms with E-state index in [1.165, 1.54) is 6.07 Å². The highest BCUT2D eigenvalue weighted by Gasteiger charge is 2.29. The number of nitrogens with two attached hydrogens (primary N) is 1. The summed E-state index contributed by atoms with van der Waals surface area (Å²) in [5.41, 5.74) is 3.25. The Kier molecular flexibility index (Phi) is 10.7. The highest BCUT2D eigenvalue weighted by molar-refractivity contribution is 7.89. The maximum Gasteiger partial charge on any atom is 0.238 e. The molecule has 1 aliphatic rings. The number of primary sulfonamides is 1. The second-order valence-electron chi connectivity index (χ2n) is 9.22. The molecule has 0 aromatic heterocycles. The van der Waals surface area contributed by atoms with Gasteiger partial charge in [0.25, 0.3) is 0 Å². The Hall–Kier alpha value is -2.91. The third-order valence-electron chi connectivity index (χ3n) is 6.50. The van der Waals surface area contributed by atoms with E-state index in [0.29, 0.717) is 41.0 Å². The fraction of sp³-hybridized carbons (Fsp3) is 0.286. The molecule has 3 aromatic carbocycles. The number of benzene rings is 3. The van der Waals surface area contributed by atoms with Crippen molar-refractivity contribution in [3.8, 4) is 11.1 Å². The predicted octanol–water partition coefficient (Wildman–Crippen LogP) is 5.29. The quantitative estimate of drug-likeness (QED) is 0.316. The van der Waals surface area contributed by atoms with Crippen LogP contribution < -0.4 is 15.8 Å². The zero-order chi connectivity index (χ0) is 27.7. The molecule has 2 amide bonds. The van der Waals surface area contributed by atoms with E-state index in [1.807, 2.05) is 30.3 Å². The van der Waals surface area contributed by atoms with E-state index in [9.17, 15) is 18.0 Å². The van der Waals surface area contributed by atoms with Gasteiger partial charge in [-0.15, -0.1) is 0 Å². The number of hydrogen-bond donors (Lipinski definition) is 3. The molecule has 4 rings (SSSR count). The lowest BCUT2D eigenvalue weighted by molar-refractivity contribution is -0.126. The summed E-state index contributed by atoms with van der Waals surface area (Å²) in [6, 6.07) is 19.4. The van der Waals surface area contributed by atoms with Crippen LogP contribution in [0.25, 0.3) is 11.1 Å². The molecule has 1 saturated carbocycles. The molecule has 1 unspecified atom stereocenters. The van der Waals surface area contributed by atoms with Gasteiger partial charge in [0, 0.05) is 24.6 Å². The lowest BCUT2D eigenvalue weighted by atomic mass is 9.97. The zero-order valence-electron chi connectivity index (χ0n) is 21.0. The Labute approximate surface area is 233 Å². The molecule has 2 atom stereocenters. The number of carbonyl (C=O) groups excluding carboxylic acids is 2. The van der Waals surface area contributed by atoms with Crippen LogP contribution in [-0.4, -0.2) is 20.7 Å². The van der Waals surface area contributed by atoms with Crippen molar-refractivity contribution in [1.82, 2.24) is 10.6 Å². The number of amides is 2. The molecule has 202 valence electrons. The molecule has 4 N–H and O–H groups in total. The van der Waals surface area contributed by atoms with Crippen molar-refractivity contribution in [2.45, 2.75) is 44.2 Å². The summed E-state index contributed by atoms with van der Waals surface area (Å²) in [7, 11) is -3.78. The fourth-order valence-corrected chi connectivity index (χ4v) is 5.50. The first-order valence-electron chi connectivity index (χ1n) is 12.2. The van der Waals surface area contributed by atoms with E-state index < -0.39 is 10.0 Å². The number of hydrogen-bond acceptors (Lipinski definition) is 4. The topological polar surface area (TPSA) is 118 Å². The van der Waals surface area contributed by atoms with E-state index >= 15 is 0 Å². The van der Waals surface area contributed by atoms with Crippen LogP contribution in [0.1, 0.15) is 37.3 Å². The third kappa shape index (κ3) is 8.30. The Morgan fingerprint density at radius 1 is 0.974 bits per heavy atom. The average Bonchev–Trinajstić information content (AvgIpc) is 3.34. The van der Waals surface area contributed by atoms with Crippen LogP contribution >= 0.6 is 23.2 Å². The van der Waals surface area contributed by atoms with Crippen molar-refractivity contribution in [2.75, 3.05) is 0 Å². The van der Waals surface area contributed by atoms with Crippen molar-refractivity contribution in [1.29, 1.82) is 0 Å². The molecule has 1 fully saturated rings. The molecule has 10 heteroatoms. The fourth-order valence-electron chi connectivity index (χ4n) is 4.42. The minimum atomic E-state index is -3.78. The van der Waals surface area contributed by atoms with Crippen molar-refractivity contribution < 1.29 is 18.0 Å². The van der Waals surface area contributed by atoms with Gasteiger partial charge in [0.1, 0.15) is 0 Å². The molecule has 0 heterocycles. The summed E-state index contributed by atoms with van der Waals surface area (Å²) in [6.45, 7) is 3.08. The summed E-state index contributed by atoms with van der Waals surface area (Å²) in [4.78, 5) is 22.3. The Morgan fingerprint density at radius 2 is 1.66 bits per heavy atom. The lowest BCUT2D eigenvalue weighted by Gasteiger charge is -2.15. The molecule has 0 bridgehead atoms. The minimum Gasteiger partial charge on any atom is -0.355 e. The van der Waals surface area contributed by atoms with Gasteiger partial charge in [-0.25, -0.2) is 13.6 Å². The second kappa shape index (κ2) is 13.8. The molecule has 0 spiro atoms. The van der Waals surface area contributed by atoms with Crippen LogP contribution in [0.15, 0.2) is 71.6 Å². The van der Waals surface area contributed by atoms with Crippen LogP contribution in [0.2, 0.25) is 10.0 Å². The maximum atomic E-state index is 12.3. The normalized spacial score (nSPS) is 16.7. The number of sulfonamides is 1. The Balaban J connectivity index is 0.000000279. The third-order valence-corrected chi connectivity index (χ3v) is 8.21. The largest absolute Gasteiger partial charge is 0.355 e. The summed E-state index contributed by atoms with van der Waals surface area (Å²) >= 11 is 11.4. The number of rotatable bonds is 8. The van der Waals surface area contributed by atoms with Gasteiger partial charge in [-0.2, -0.15) is 0 Å². The van der Waals surface area contributed by atoms with Crippen molar-refractivity contribution in [3.63, 3.8) is 0 Å². The van der Waals surface area contributed by atoms with Gasteiger partial charge in [0.15, 0.2) is 0 Å². The van der Waals surface area contributed by atoms with Gasteiger partial charge in [-0.3, -0.25) is 9.59 Å². The summed E-state index contributed by atoms with van der Waals surface area (Å²) in [6.07, 6.45) is 3.85. The van der Waals surface area contributed by atoms with Gasteiger partial charge in [-0.1, -0.05) is 85.1 Å². The molecule has 38 heavy (non-hydrogen) atoms. The van der Waals surface area contributed by atoms with Gasteiger partial charge in [0.05, 0.1) is 14.9 Å². The van der Waals surface area contributed by atoms with Crippen LogP contribution in [0.4, 0.5) is 0 Å². The summed E-state index contributed by atoms with van der Waals surface area (Å²) in [5, 5.41) is 11.9. The van der Waals surface area contributed by atoms with Crippen molar-refractivity contribution in [3.05, 3.63) is 87.9 Å². The average molecular weight is 577 g/mol. The zero-order valence-corrected chi connectivity index (χ0v) is 23.3. The Bertz CT molecular complexity index is 1360. The summed E-state index contributed by atoms with van der Waals surface area (Å²) < 4.78 is 23.5. The molecule has 7 nitrogen and oxygen atoms in total. The molecule has 0 radical (unpaired) electrons. The molecule has 0 aliphatic heterocycles. The van der Waals surface area contributed by atoms with Crippen molar-refractivity contribution >= 4 is 45.5 Å². The van der Waals surface area contributed by atoms with Gasteiger partial charge < -0.3 is 10.6 Å². The van der Waals surface area contributed by atoms with Crippen LogP contribution in [0.3, 0.4) is 0 Å². The first-order chi connectivity index (χ1) is 18.1. The molecular weight excluding hydrogens is 545 g/mol. The van der Waals surface area contributed by atoms with Gasteiger partial charge in [0.2, 0.25) is 22.3 Å². The summed E-state index contributed by atoms with van der Waals surface area (Å²) in [5.74, 6) is 0.696. The monoisotopic (exact) mass is 575 g/mol. The number of carbonyl (C=O) groups is 2. The van der Waals surface area contributed by atoms with E-state index in [2.05, 4.69) is 17.6 Å². The SMILES string of the molecule is CC1CCC[C@H]1C(=O)NCc1ccc(-c2ccccc2S(N)(=O)=O)cc1.O=CNCc1ccc(Cl)c(Cl)c1. The van der Waals surface area contributed by atoms with Crippen LogP contribution in [-0.2, 0) is 32.7 Å². The number of halogens is 2. The smallest absolute Gasteiger partial charge is 0.238 e. The van der Waals surface area contributed by atoms with Gasteiger partial charge >= 0.3 is 0 Å². The van der Waals surface area contributed by atoms with E-state index in [-0.39, 0.29) is 16.7 Å². The van der Waals surface area contributed by atoms with Gasteiger partial charge in [-0.05, 0) is 53.6 Å². The lowest BCUT2D eigenvalue weighted by Crippen LogP contribution is -2.31. The molecule has 0 saturated heterocycles. The highest BCUT2D eigenvalue weighted by Crippen LogP contribution is 2.31. The first-order valence-corrected chi connectivity index (χ1v) is 14.5. The predicted molar refractivity (Wildman–Crippen MR) is 151 cm³/mol. The number of nitrogens with one attached hydrogen (secondary N) is 2. The van der Waals surface area contributed by atoms with E-state index in [0.717, 1.165) is 36.0 Å². The van der Waals surface area contributed by atoms with Crippen molar-refractivity contribution in [2.24, 2.45) is 17.0 Å². The molecule has 1 aliphatic carbocycles. The van der Waals surface area contributed by atoms with E-state index in [4.69, 9.17) is 28.3 Å². The van der Waals surface area contributed by atoms with E-state index in [1.54, 1.807) is 30.3 Å². The molecule has 3 aromatic rings. The van der Waals surface area contributed by atoms with Crippen LogP contribution in [0, 0.1) is 11.8 Å². The highest BCUT2D eigenvalue weighted by atomic mass is 35.5. The van der Waals surface area contributed by atoms with Crippen LogP contribution in [0.5, 0.6) is 0 Å². The first kappa shape index (κ1) is 29.6.